The summed E-state index contributed by atoms with van der Waals surface area (Å²) in [6.45, 7) is 4.52. The third-order valence-electron chi connectivity index (χ3n) is 2.78. The second-order valence-electron chi connectivity index (χ2n) is 4.61. The molecule has 0 amide bonds. The Morgan fingerprint density at radius 1 is 1.41 bits per heavy atom. The van der Waals surface area contributed by atoms with E-state index in [0.717, 1.165) is 25.4 Å². The molecule has 0 aromatic heterocycles. The van der Waals surface area contributed by atoms with Gasteiger partial charge in [0, 0.05) is 18.6 Å². The molecule has 0 spiro atoms. The van der Waals surface area contributed by atoms with Crippen LogP contribution in [0.4, 0.5) is 0 Å². The quantitative estimate of drug-likeness (QED) is 0.327. The lowest BCUT2D eigenvalue weighted by Gasteiger charge is -2.09. The minimum Gasteiger partial charge on any atom is -0.506 e. The minimum absolute atomic E-state index is 0.121. The maximum atomic E-state index is 10.8. The van der Waals surface area contributed by atoms with Gasteiger partial charge in [-0.2, -0.15) is 0 Å². The molecule has 1 aromatic rings. The van der Waals surface area contributed by atoms with Gasteiger partial charge in [-0.25, -0.2) is 4.79 Å². The van der Waals surface area contributed by atoms with Crippen molar-refractivity contribution in [3.8, 4) is 11.5 Å². The second kappa shape index (κ2) is 8.09. The maximum absolute atomic E-state index is 10.8. The minimum atomic E-state index is -0.651. The fraction of sp³-hybridized carbons (Fsp3) is 0.312. The van der Waals surface area contributed by atoms with Gasteiger partial charge in [0.1, 0.15) is 24.4 Å². The number of ether oxygens (including phenoxy) is 4. The summed E-state index contributed by atoms with van der Waals surface area (Å²) in [4.78, 5) is 10.8. The summed E-state index contributed by atoms with van der Waals surface area (Å²) in [6.07, 6.45) is 3.11. The molecule has 1 atom stereocenters. The number of carbonyl (C=O) groups excluding carboxylic acids is 1. The SMILES string of the molecule is C=CC(=O)O/C=C(\O)COc1cccc(OCCC2CO2)c1. The number of epoxide rings is 1. The van der Waals surface area contributed by atoms with Crippen LogP contribution in [0, 0.1) is 0 Å². The molecule has 118 valence electrons. The zero-order valence-corrected chi connectivity index (χ0v) is 12.1. The van der Waals surface area contributed by atoms with Crippen LogP contribution in [0.5, 0.6) is 11.5 Å². The first-order valence-corrected chi connectivity index (χ1v) is 6.85. The summed E-state index contributed by atoms with van der Waals surface area (Å²) in [5.41, 5.74) is 0. The average Bonchev–Trinajstić information content (AvgIpc) is 3.35. The largest absolute Gasteiger partial charge is 0.506 e. The molecule has 0 radical (unpaired) electrons. The van der Waals surface area contributed by atoms with Gasteiger partial charge in [-0.05, 0) is 12.1 Å². The van der Waals surface area contributed by atoms with E-state index in [1.54, 1.807) is 18.2 Å². The molecule has 0 saturated carbocycles. The van der Waals surface area contributed by atoms with Crippen molar-refractivity contribution in [2.75, 3.05) is 19.8 Å². The van der Waals surface area contributed by atoms with E-state index in [1.807, 2.05) is 6.07 Å². The van der Waals surface area contributed by atoms with Crippen molar-refractivity contribution in [3.05, 3.63) is 48.9 Å². The van der Waals surface area contributed by atoms with Crippen molar-refractivity contribution >= 4 is 5.97 Å². The van der Waals surface area contributed by atoms with Gasteiger partial charge in [0.05, 0.1) is 19.3 Å². The highest BCUT2D eigenvalue weighted by atomic mass is 16.6. The first kappa shape index (κ1) is 15.9. The summed E-state index contributed by atoms with van der Waals surface area (Å²) in [7, 11) is 0. The lowest BCUT2D eigenvalue weighted by molar-refractivity contribution is -0.132. The van der Waals surface area contributed by atoms with Crippen molar-refractivity contribution in [2.24, 2.45) is 0 Å². The number of rotatable bonds is 9. The fourth-order valence-electron chi connectivity index (χ4n) is 1.56. The Bertz CT molecular complexity index is 547. The highest BCUT2D eigenvalue weighted by Crippen LogP contribution is 2.21. The van der Waals surface area contributed by atoms with E-state index < -0.39 is 5.97 Å². The molecule has 1 heterocycles. The van der Waals surface area contributed by atoms with E-state index in [0.29, 0.717) is 24.2 Å². The number of esters is 1. The van der Waals surface area contributed by atoms with Gasteiger partial charge >= 0.3 is 5.97 Å². The number of carbonyl (C=O) groups is 1. The fourth-order valence-corrected chi connectivity index (χ4v) is 1.56. The first-order valence-electron chi connectivity index (χ1n) is 6.85. The van der Waals surface area contributed by atoms with Gasteiger partial charge in [0.15, 0.2) is 5.76 Å². The van der Waals surface area contributed by atoms with E-state index in [1.165, 1.54) is 0 Å². The van der Waals surface area contributed by atoms with E-state index >= 15 is 0 Å². The van der Waals surface area contributed by atoms with Crippen molar-refractivity contribution in [1.82, 2.24) is 0 Å². The molecule has 22 heavy (non-hydrogen) atoms. The van der Waals surface area contributed by atoms with Gasteiger partial charge in [-0.15, -0.1) is 0 Å². The summed E-state index contributed by atoms with van der Waals surface area (Å²) >= 11 is 0. The lowest BCUT2D eigenvalue weighted by atomic mass is 10.3. The molecule has 6 heteroatoms. The summed E-state index contributed by atoms with van der Waals surface area (Å²) in [6, 6.07) is 7.07. The van der Waals surface area contributed by atoms with E-state index in [4.69, 9.17) is 14.2 Å². The van der Waals surface area contributed by atoms with Gasteiger partial charge in [0.2, 0.25) is 0 Å². The van der Waals surface area contributed by atoms with E-state index in [9.17, 15) is 9.90 Å². The van der Waals surface area contributed by atoms with Crippen LogP contribution in [0.25, 0.3) is 0 Å². The first-order chi connectivity index (χ1) is 10.7. The Hall–Kier alpha value is -2.47. The van der Waals surface area contributed by atoms with Crippen molar-refractivity contribution in [2.45, 2.75) is 12.5 Å². The number of hydrogen-bond acceptors (Lipinski definition) is 6. The standard InChI is InChI=1S/C16H18O6/c1-2-16(18)22-10-12(17)9-20-14-5-3-4-13(8-14)19-7-6-15-11-21-15/h2-5,8,10,15,17H,1,6-7,9,11H2/b12-10-. The van der Waals surface area contributed by atoms with Crippen molar-refractivity contribution < 1.29 is 28.8 Å². The average molecular weight is 306 g/mol. The highest BCUT2D eigenvalue weighted by Gasteiger charge is 2.21. The smallest absolute Gasteiger partial charge is 0.335 e. The highest BCUT2D eigenvalue weighted by molar-refractivity contribution is 5.81. The Labute approximate surface area is 128 Å². The summed E-state index contributed by atoms with van der Waals surface area (Å²) in [5, 5.41) is 9.51. The Kier molecular flexibility index (Phi) is 5.85. The molecule has 1 aromatic carbocycles. The predicted molar refractivity (Wildman–Crippen MR) is 78.8 cm³/mol. The molecular formula is C16H18O6. The Morgan fingerprint density at radius 2 is 2.14 bits per heavy atom. The summed E-state index contributed by atoms with van der Waals surface area (Å²) < 4.78 is 20.6. The zero-order chi connectivity index (χ0) is 15.8. The van der Waals surface area contributed by atoms with Crippen LogP contribution in [0.3, 0.4) is 0 Å². The van der Waals surface area contributed by atoms with Crippen LogP contribution in [0.2, 0.25) is 0 Å². The van der Waals surface area contributed by atoms with Gasteiger partial charge in [0.25, 0.3) is 0 Å². The van der Waals surface area contributed by atoms with Crippen LogP contribution in [-0.4, -0.2) is 37.0 Å². The van der Waals surface area contributed by atoms with Crippen LogP contribution < -0.4 is 9.47 Å². The molecule has 0 aliphatic carbocycles. The Balaban J connectivity index is 1.76. The zero-order valence-electron chi connectivity index (χ0n) is 12.1. The molecule has 1 fully saturated rings. The second-order valence-corrected chi connectivity index (χ2v) is 4.61. The van der Waals surface area contributed by atoms with Gasteiger partial charge < -0.3 is 24.1 Å². The van der Waals surface area contributed by atoms with E-state index in [2.05, 4.69) is 11.3 Å². The monoisotopic (exact) mass is 306 g/mol. The molecule has 1 unspecified atom stereocenters. The van der Waals surface area contributed by atoms with Crippen molar-refractivity contribution in [1.29, 1.82) is 0 Å². The topological polar surface area (TPSA) is 77.5 Å². The number of hydrogen-bond donors (Lipinski definition) is 1. The van der Waals surface area contributed by atoms with Crippen LogP contribution in [0.1, 0.15) is 6.42 Å². The number of aliphatic hydroxyl groups is 1. The van der Waals surface area contributed by atoms with Gasteiger partial charge in [-0.1, -0.05) is 12.6 Å². The molecule has 1 aliphatic heterocycles. The Morgan fingerprint density at radius 3 is 2.82 bits per heavy atom. The number of benzene rings is 1. The van der Waals surface area contributed by atoms with Crippen LogP contribution in [0.15, 0.2) is 48.9 Å². The third kappa shape index (κ3) is 5.88. The molecule has 6 nitrogen and oxygen atoms in total. The lowest BCUT2D eigenvalue weighted by Crippen LogP contribution is -2.04. The summed E-state index contributed by atoms with van der Waals surface area (Å²) in [5.74, 6) is 0.351. The molecule has 1 N–H and O–H groups in total. The van der Waals surface area contributed by atoms with E-state index in [-0.39, 0.29) is 12.4 Å². The molecule has 1 aliphatic rings. The molecule has 1 saturated heterocycles. The predicted octanol–water partition coefficient (Wildman–Crippen LogP) is 2.36. The third-order valence-corrected chi connectivity index (χ3v) is 2.78. The van der Waals surface area contributed by atoms with Crippen LogP contribution >= 0.6 is 0 Å². The van der Waals surface area contributed by atoms with Crippen LogP contribution in [-0.2, 0) is 14.3 Å². The molecular weight excluding hydrogens is 288 g/mol. The van der Waals surface area contributed by atoms with Gasteiger partial charge in [-0.3, -0.25) is 0 Å². The maximum Gasteiger partial charge on any atom is 0.335 e. The van der Waals surface area contributed by atoms with Crippen molar-refractivity contribution in [3.63, 3.8) is 0 Å². The molecule has 2 rings (SSSR count). The molecule has 0 bridgehead atoms. The normalized spacial score (nSPS) is 16.7. The number of aliphatic hydroxyl groups excluding tert-OH is 1.